The van der Waals surface area contributed by atoms with Crippen LogP contribution in [0.25, 0.3) is 5.69 Å². The predicted molar refractivity (Wildman–Crippen MR) is 66.1 cm³/mol. The molecule has 0 N–H and O–H groups in total. The van der Waals surface area contributed by atoms with Crippen molar-refractivity contribution in [2.24, 2.45) is 0 Å². The van der Waals surface area contributed by atoms with Crippen LogP contribution in [0.4, 0.5) is 0 Å². The number of hydrogen-bond acceptors (Lipinski definition) is 4. The molecule has 0 fully saturated rings. The summed E-state index contributed by atoms with van der Waals surface area (Å²) in [6.07, 6.45) is 1.54. The molecule has 5 heteroatoms. The lowest BCUT2D eigenvalue weighted by atomic mass is 10.2. The molecular weight excluding hydrogens is 230 g/mol. The Morgan fingerprint density at radius 1 is 1.28 bits per heavy atom. The predicted octanol–water partition coefficient (Wildman–Crippen LogP) is 2.07. The van der Waals surface area contributed by atoms with Crippen molar-refractivity contribution in [2.75, 3.05) is 14.2 Å². The fourth-order valence-electron chi connectivity index (χ4n) is 1.72. The lowest BCUT2D eigenvalue weighted by Crippen LogP contribution is -2.02. The van der Waals surface area contributed by atoms with Crippen molar-refractivity contribution >= 4 is 0 Å². The summed E-state index contributed by atoms with van der Waals surface area (Å²) in [6, 6.07) is 7.55. The van der Waals surface area contributed by atoms with Crippen LogP contribution in [-0.2, 0) is 0 Å². The van der Waals surface area contributed by atoms with E-state index in [0.717, 1.165) is 11.4 Å². The molecule has 2 aromatic rings. The summed E-state index contributed by atoms with van der Waals surface area (Å²) in [7, 11) is 3.18. The maximum Gasteiger partial charge on any atom is 0.148 e. The Kier molecular flexibility index (Phi) is 3.20. The second-order valence-electron chi connectivity index (χ2n) is 3.71. The summed E-state index contributed by atoms with van der Waals surface area (Å²) in [4.78, 5) is 0. The molecule has 18 heavy (non-hydrogen) atoms. The van der Waals surface area contributed by atoms with Crippen LogP contribution in [0.15, 0.2) is 24.4 Å². The molecule has 5 nitrogen and oxygen atoms in total. The Bertz CT molecular complexity index is 611. The zero-order valence-corrected chi connectivity index (χ0v) is 10.5. The van der Waals surface area contributed by atoms with Gasteiger partial charge in [-0.15, -0.1) is 0 Å². The molecule has 0 aliphatic heterocycles. The molecule has 0 amide bonds. The molecule has 0 saturated heterocycles. The van der Waals surface area contributed by atoms with Crippen LogP contribution in [0, 0.1) is 18.3 Å². The quantitative estimate of drug-likeness (QED) is 0.828. The largest absolute Gasteiger partial charge is 0.497 e. The van der Waals surface area contributed by atoms with Gasteiger partial charge in [-0.05, 0) is 19.1 Å². The number of nitrogens with zero attached hydrogens (tertiary/aromatic N) is 3. The number of benzene rings is 1. The van der Waals surface area contributed by atoms with Gasteiger partial charge in [0.25, 0.3) is 0 Å². The highest BCUT2D eigenvalue weighted by Crippen LogP contribution is 2.28. The molecule has 0 unspecified atom stereocenters. The summed E-state index contributed by atoms with van der Waals surface area (Å²) in [5, 5.41) is 13.1. The average Bonchev–Trinajstić information content (AvgIpc) is 2.78. The Balaban J connectivity index is 2.57. The summed E-state index contributed by atoms with van der Waals surface area (Å²) >= 11 is 0. The molecule has 2 rings (SSSR count). The SMILES string of the molecule is COc1ccc(-n2ncc(C#N)c2C)c(OC)c1. The number of aromatic nitrogens is 2. The molecule has 0 spiro atoms. The van der Waals surface area contributed by atoms with E-state index in [1.54, 1.807) is 31.2 Å². The van der Waals surface area contributed by atoms with Crippen molar-refractivity contribution in [3.05, 3.63) is 35.7 Å². The normalized spacial score (nSPS) is 9.89. The van der Waals surface area contributed by atoms with E-state index >= 15 is 0 Å². The number of nitriles is 1. The van der Waals surface area contributed by atoms with Crippen molar-refractivity contribution < 1.29 is 9.47 Å². The first-order valence-corrected chi connectivity index (χ1v) is 5.38. The van der Waals surface area contributed by atoms with E-state index in [1.165, 1.54) is 0 Å². The highest BCUT2D eigenvalue weighted by atomic mass is 16.5. The minimum Gasteiger partial charge on any atom is -0.497 e. The van der Waals surface area contributed by atoms with Crippen molar-refractivity contribution in [1.82, 2.24) is 9.78 Å². The molecule has 1 aromatic heterocycles. The van der Waals surface area contributed by atoms with Crippen molar-refractivity contribution in [3.63, 3.8) is 0 Å². The number of ether oxygens (including phenoxy) is 2. The van der Waals surface area contributed by atoms with Gasteiger partial charge in [0.05, 0.1) is 31.7 Å². The fraction of sp³-hybridized carbons (Fsp3) is 0.231. The van der Waals surface area contributed by atoms with Gasteiger partial charge in [-0.1, -0.05) is 0 Å². The smallest absolute Gasteiger partial charge is 0.148 e. The maximum absolute atomic E-state index is 8.93. The summed E-state index contributed by atoms with van der Waals surface area (Å²) < 4.78 is 12.1. The number of hydrogen-bond donors (Lipinski definition) is 0. The molecule has 0 aliphatic rings. The van der Waals surface area contributed by atoms with E-state index < -0.39 is 0 Å². The lowest BCUT2D eigenvalue weighted by Gasteiger charge is -2.11. The zero-order chi connectivity index (χ0) is 13.1. The van der Waals surface area contributed by atoms with Crippen molar-refractivity contribution in [3.8, 4) is 23.3 Å². The van der Waals surface area contributed by atoms with Crippen LogP contribution in [0.2, 0.25) is 0 Å². The molecule has 1 aromatic carbocycles. The second kappa shape index (κ2) is 4.80. The van der Waals surface area contributed by atoms with Gasteiger partial charge in [-0.3, -0.25) is 0 Å². The van der Waals surface area contributed by atoms with Crippen molar-refractivity contribution in [1.29, 1.82) is 5.26 Å². The second-order valence-corrected chi connectivity index (χ2v) is 3.71. The first kappa shape index (κ1) is 12.0. The van der Waals surface area contributed by atoms with Gasteiger partial charge in [0.1, 0.15) is 23.3 Å². The Morgan fingerprint density at radius 2 is 2.06 bits per heavy atom. The van der Waals surface area contributed by atoms with Gasteiger partial charge in [-0.2, -0.15) is 10.4 Å². The summed E-state index contributed by atoms with van der Waals surface area (Å²) in [5.74, 6) is 1.35. The highest BCUT2D eigenvalue weighted by molar-refractivity contribution is 5.52. The topological polar surface area (TPSA) is 60.1 Å². The Hall–Kier alpha value is -2.48. The zero-order valence-electron chi connectivity index (χ0n) is 10.5. The fourth-order valence-corrected chi connectivity index (χ4v) is 1.72. The van der Waals surface area contributed by atoms with E-state index in [1.807, 2.05) is 19.1 Å². The van der Waals surface area contributed by atoms with E-state index in [0.29, 0.717) is 17.1 Å². The summed E-state index contributed by atoms with van der Waals surface area (Å²) in [6.45, 7) is 1.84. The molecule has 0 aliphatic carbocycles. The van der Waals surface area contributed by atoms with Crippen LogP contribution in [0.1, 0.15) is 11.3 Å². The molecular formula is C13H13N3O2. The molecule has 0 bridgehead atoms. The average molecular weight is 243 g/mol. The van der Waals surface area contributed by atoms with Gasteiger partial charge in [0.15, 0.2) is 0 Å². The Morgan fingerprint density at radius 3 is 2.61 bits per heavy atom. The number of methoxy groups -OCH3 is 2. The molecule has 0 radical (unpaired) electrons. The van der Waals surface area contributed by atoms with E-state index in [-0.39, 0.29) is 0 Å². The highest BCUT2D eigenvalue weighted by Gasteiger charge is 2.12. The van der Waals surface area contributed by atoms with E-state index in [9.17, 15) is 0 Å². The first-order chi connectivity index (χ1) is 8.71. The van der Waals surface area contributed by atoms with Crippen molar-refractivity contribution in [2.45, 2.75) is 6.92 Å². The molecule has 1 heterocycles. The van der Waals surface area contributed by atoms with Crippen LogP contribution < -0.4 is 9.47 Å². The molecule has 0 atom stereocenters. The van der Waals surface area contributed by atoms with Gasteiger partial charge in [0.2, 0.25) is 0 Å². The number of rotatable bonds is 3. The maximum atomic E-state index is 8.93. The minimum atomic E-state index is 0.549. The van der Waals surface area contributed by atoms with Gasteiger partial charge >= 0.3 is 0 Å². The lowest BCUT2D eigenvalue weighted by molar-refractivity contribution is 0.392. The monoisotopic (exact) mass is 243 g/mol. The van der Waals surface area contributed by atoms with Crippen LogP contribution in [-0.4, -0.2) is 24.0 Å². The minimum absolute atomic E-state index is 0.549. The van der Waals surface area contributed by atoms with Gasteiger partial charge < -0.3 is 9.47 Å². The third-order valence-electron chi connectivity index (χ3n) is 2.75. The van der Waals surface area contributed by atoms with Gasteiger partial charge in [-0.25, -0.2) is 4.68 Å². The Labute approximate surface area is 105 Å². The van der Waals surface area contributed by atoms with Crippen LogP contribution in [0.3, 0.4) is 0 Å². The molecule has 0 saturated carbocycles. The van der Waals surface area contributed by atoms with Gasteiger partial charge in [0, 0.05) is 6.07 Å². The molecule has 92 valence electrons. The standard InChI is InChI=1S/C13H13N3O2/c1-9-10(7-14)8-15-16(9)12-5-4-11(17-2)6-13(12)18-3/h4-6,8H,1-3H3. The third kappa shape index (κ3) is 1.89. The van der Waals surface area contributed by atoms with E-state index in [2.05, 4.69) is 11.2 Å². The third-order valence-corrected chi connectivity index (χ3v) is 2.75. The summed E-state index contributed by atoms with van der Waals surface area (Å²) in [5.41, 5.74) is 2.10. The van der Waals surface area contributed by atoms with Crippen LogP contribution >= 0.6 is 0 Å². The van der Waals surface area contributed by atoms with Crippen LogP contribution in [0.5, 0.6) is 11.5 Å². The first-order valence-electron chi connectivity index (χ1n) is 5.38. The van der Waals surface area contributed by atoms with E-state index in [4.69, 9.17) is 14.7 Å².